The number of dihydropyridines is 1. The van der Waals surface area contributed by atoms with Gasteiger partial charge < -0.3 is 10.1 Å². The molecule has 29 heavy (non-hydrogen) atoms. The van der Waals surface area contributed by atoms with Crippen LogP contribution in [0.2, 0.25) is 0 Å². The zero-order valence-corrected chi connectivity index (χ0v) is 17.4. The van der Waals surface area contributed by atoms with E-state index in [0.717, 1.165) is 5.70 Å². The molecule has 1 aromatic carbocycles. The molecule has 1 N–H and O–H groups in total. The molecule has 154 valence electrons. The quantitative estimate of drug-likeness (QED) is 0.465. The Labute approximate surface area is 170 Å². The van der Waals surface area contributed by atoms with Crippen LogP contribution in [-0.2, 0) is 14.3 Å². The van der Waals surface area contributed by atoms with Gasteiger partial charge in [0.2, 0.25) is 0 Å². The van der Waals surface area contributed by atoms with Crippen LogP contribution in [0.3, 0.4) is 0 Å². The van der Waals surface area contributed by atoms with Gasteiger partial charge in [0.1, 0.15) is 0 Å². The first-order chi connectivity index (χ1) is 13.5. The average molecular weight is 398 g/mol. The van der Waals surface area contributed by atoms with Crippen molar-refractivity contribution in [2.45, 2.75) is 59.5 Å². The minimum atomic E-state index is -0.831. The molecule has 7 nitrogen and oxygen atoms in total. The Hall–Kier alpha value is -2.96. The molecule has 7 heteroatoms. The fraction of sp³-hybridized carbons (Fsp3) is 0.455. The lowest BCUT2D eigenvalue weighted by Gasteiger charge is -2.39. The Balaban J connectivity index is 2.25. The average Bonchev–Trinajstić information content (AvgIpc) is 2.58. The zero-order chi connectivity index (χ0) is 21.5. The van der Waals surface area contributed by atoms with E-state index in [0.29, 0.717) is 29.7 Å². The summed E-state index contributed by atoms with van der Waals surface area (Å²) in [5, 5.41) is 14.9. The SMILES string of the molecule is CC1=C(C(=O)OC(C)C)[C@H](c2ccccc2[N+](=O)[O-])C2=C(CC(C)(C)CC2=O)N1. The zero-order valence-electron chi connectivity index (χ0n) is 17.4. The molecule has 0 saturated carbocycles. The standard InChI is InChI=1S/C22H26N2O5/c1-12(2)29-21(26)18-13(3)23-15-10-22(4,5)11-17(25)20(15)19(18)14-8-6-7-9-16(14)24(27)28/h6-9,12,19,23H,10-11H2,1-5H3/t19-/m0/s1. The van der Waals surface area contributed by atoms with Crippen molar-refractivity contribution in [3.8, 4) is 0 Å². The topological polar surface area (TPSA) is 98.5 Å². The molecule has 0 spiro atoms. The third kappa shape index (κ3) is 3.95. The van der Waals surface area contributed by atoms with Crippen molar-refractivity contribution in [3.63, 3.8) is 0 Å². The van der Waals surface area contributed by atoms with Gasteiger partial charge in [0.05, 0.1) is 22.5 Å². The number of nitro benzene ring substituents is 1. The van der Waals surface area contributed by atoms with Crippen molar-refractivity contribution in [2.24, 2.45) is 5.41 Å². The first kappa shape index (κ1) is 20.8. The Kier molecular flexibility index (Phi) is 5.34. The second kappa shape index (κ2) is 7.46. The van der Waals surface area contributed by atoms with Gasteiger partial charge in [0.25, 0.3) is 5.69 Å². The second-order valence-electron chi connectivity index (χ2n) is 8.70. The number of rotatable bonds is 4. The summed E-state index contributed by atoms with van der Waals surface area (Å²) in [6.07, 6.45) is 0.580. The summed E-state index contributed by atoms with van der Waals surface area (Å²) in [5.41, 5.74) is 1.95. The smallest absolute Gasteiger partial charge is 0.337 e. The Morgan fingerprint density at radius 1 is 1.28 bits per heavy atom. The van der Waals surface area contributed by atoms with Crippen LogP contribution in [-0.4, -0.2) is 22.8 Å². The lowest BCUT2D eigenvalue weighted by atomic mass is 9.68. The Morgan fingerprint density at radius 3 is 2.55 bits per heavy atom. The predicted octanol–water partition coefficient (Wildman–Crippen LogP) is 4.15. The van der Waals surface area contributed by atoms with Crippen LogP contribution in [0.25, 0.3) is 0 Å². The van der Waals surface area contributed by atoms with Crippen LogP contribution in [0.4, 0.5) is 5.69 Å². The molecule has 1 heterocycles. The third-order valence-electron chi connectivity index (χ3n) is 5.25. The maximum atomic E-state index is 13.2. The highest BCUT2D eigenvalue weighted by Crippen LogP contribution is 2.48. The van der Waals surface area contributed by atoms with Gasteiger partial charge >= 0.3 is 5.97 Å². The van der Waals surface area contributed by atoms with Crippen LogP contribution >= 0.6 is 0 Å². The van der Waals surface area contributed by atoms with Crippen LogP contribution in [0.1, 0.15) is 58.9 Å². The van der Waals surface area contributed by atoms with Gasteiger partial charge in [0.15, 0.2) is 5.78 Å². The normalized spacial score (nSPS) is 21.0. The predicted molar refractivity (Wildman–Crippen MR) is 108 cm³/mol. The van der Waals surface area contributed by atoms with Crippen LogP contribution in [0, 0.1) is 15.5 Å². The molecule has 2 aliphatic rings. The lowest BCUT2D eigenvalue weighted by Crippen LogP contribution is -2.39. The fourth-order valence-electron chi connectivity index (χ4n) is 4.19. The number of nitro groups is 1. The van der Waals surface area contributed by atoms with Crippen molar-refractivity contribution in [1.29, 1.82) is 0 Å². The summed E-state index contributed by atoms with van der Waals surface area (Å²) in [7, 11) is 0. The molecule has 1 atom stereocenters. The summed E-state index contributed by atoms with van der Waals surface area (Å²) in [5.74, 6) is -1.51. The van der Waals surface area contributed by atoms with Gasteiger partial charge in [-0.3, -0.25) is 14.9 Å². The van der Waals surface area contributed by atoms with Gasteiger partial charge in [-0.15, -0.1) is 0 Å². The van der Waals surface area contributed by atoms with E-state index in [9.17, 15) is 19.7 Å². The first-order valence-electron chi connectivity index (χ1n) is 9.70. The third-order valence-corrected chi connectivity index (χ3v) is 5.25. The number of Topliss-reactive ketones (excluding diaryl/α,β-unsaturated/α-hetero) is 1. The number of esters is 1. The molecule has 0 fully saturated rings. The van der Waals surface area contributed by atoms with E-state index >= 15 is 0 Å². The summed E-state index contributed by atoms with van der Waals surface area (Å²) < 4.78 is 5.43. The number of ether oxygens (including phenoxy) is 1. The monoisotopic (exact) mass is 398 g/mol. The van der Waals surface area contributed by atoms with Crippen molar-refractivity contribution in [3.05, 3.63) is 62.5 Å². The maximum absolute atomic E-state index is 13.2. The molecule has 0 unspecified atom stereocenters. The maximum Gasteiger partial charge on any atom is 0.337 e. The van der Waals surface area contributed by atoms with Gasteiger partial charge in [-0.25, -0.2) is 4.79 Å². The fourth-order valence-corrected chi connectivity index (χ4v) is 4.19. The van der Waals surface area contributed by atoms with E-state index in [1.807, 2.05) is 13.8 Å². The van der Waals surface area contributed by atoms with E-state index in [-0.39, 0.29) is 28.6 Å². The van der Waals surface area contributed by atoms with Gasteiger partial charge in [-0.2, -0.15) is 0 Å². The van der Waals surface area contributed by atoms with E-state index in [1.54, 1.807) is 39.0 Å². The Bertz CT molecular complexity index is 956. The van der Waals surface area contributed by atoms with E-state index < -0.39 is 16.8 Å². The molecule has 1 aliphatic carbocycles. The van der Waals surface area contributed by atoms with E-state index in [1.165, 1.54) is 6.07 Å². The Morgan fingerprint density at radius 2 is 1.93 bits per heavy atom. The largest absolute Gasteiger partial charge is 0.460 e. The van der Waals surface area contributed by atoms with Crippen molar-refractivity contribution in [2.75, 3.05) is 0 Å². The van der Waals surface area contributed by atoms with Gasteiger partial charge in [-0.1, -0.05) is 32.0 Å². The van der Waals surface area contributed by atoms with Crippen LogP contribution in [0.5, 0.6) is 0 Å². The number of para-hydroxylation sites is 1. The number of hydrogen-bond acceptors (Lipinski definition) is 6. The van der Waals surface area contributed by atoms with E-state index in [4.69, 9.17) is 4.74 Å². The molecule has 1 aliphatic heterocycles. The number of ketones is 1. The minimum Gasteiger partial charge on any atom is -0.460 e. The summed E-state index contributed by atoms with van der Waals surface area (Å²) >= 11 is 0. The first-order valence-corrected chi connectivity index (χ1v) is 9.70. The summed E-state index contributed by atoms with van der Waals surface area (Å²) in [6.45, 7) is 9.25. The lowest BCUT2D eigenvalue weighted by molar-refractivity contribution is -0.385. The number of nitrogens with one attached hydrogen (secondary N) is 1. The molecule has 0 amide bonds. The molecular weight excluding hydrogens is 372 g/mol. The molecule has 0 bridgehead atoms. The molecule has 0 saturated heterocycles. The number of carbonyl (C=O) groups is 2. The van der Waals surface area contributed by atoms with Gasteiger partial charge in [-0.05, 0) is 32.6 Å². The minimum absolute atomic E-state index is 0.103. The number of allylic oxidation sites excluding steroid dienone is 3. The van der Waals surface area contributed by atoms with Crippen LogP contribution in [0.15, 0.2) is 46.8 Å². The summed E-state index contributed by atoms with van der Waals surface area (Å²) in [4.78, 5) is 37.4. The highest BCUT2D eigenvalue weighted by atomic mass is 16.6. The second-order valence-corrected chi connectivity index (χ2v) is 8.70. The van der Waals surface area contributed by atoms with E-state index in [2.05, 4.69) is 5.32 Å². The van der Waals surface area contributed by atoms with Gasteiger partial charge in [0, 0.05) is 35.0 Å². The van der Waals surface area contributed by atoms with Crippen molar-refractivity contribution in [1.82, 2.24) is 5.32 Å². The van der Waals surface area contributed by atoms with Crippen molar-refractivity contribution < 1.29 is 19.2 Å². The number of carbonyl (C=O) groups excluding carboxylic acids is 2. The van der Waals surface area contributed by atoms with Crippen LogP contribution < -0.4 is 5.32 Å². The number of benzene rings is 1. The highest BCUT2D eigenvalue weighted by Gasteiger charge is 2.45. The van der Waals surface area contributed by atoms with Crippen molar-refractivity contribution >= 4 is 17.4 Å². The molecule has 0 aromatic heterocycles. The number of nitrogens with zero attached hydrogens (tertiary/aromatic N) is 1. The molecular formula is C22H26N2O5. The summed E-state index contributed by atoms with van der Waals surface area (Å²) in [6, 6.07) is 6.27. The number of hydrogen-bond donors (Lipinski definition) is 1. The highest BCUT2D eigenvalue weighted by molar-refractivity contribution is 6.04. The molecule has 0 radical (unpaired) electrons. The molecule has 3 rings (SSSR count). The molecule has 1 aromatic rings.